The molecule has 50 valence electrons. The zero-order valence-corrected chi connectivity index (χ0v) is 6.64. The molecule has 1 heterocycles. The number of hydrogen-bond acceptors (Lipinski definition) is 2. The van der Waals surface area contributed by atoms with Crippen molar-refractivity contribution in [1.82, 2.24) is 10.6 Å². The molecular weight excluding hydrogens is 235 g/mol. The molecule has 0 bridgehead atoms. The number of amides is 2. The molecule has 2 amide bonds. The molecule has 1 fully saturated rings. The van der Waals surface area contributed by atoms with E-state index in [0.29, 0.717) is 6.54 Å². The topological polar surface area (TPSA) is 58.2 Å². The van der Waals surface area contributed by atoms with E-state index in [9.17, 15) is 9.59 Å². The minimum Gasteiger partial charge on any atom is -0.336 e. The van der Waals surface area contributed by atoms with E-state index >= 15 is 0 Å². The first kappa shape index (κ1) is 6.79. The molecule has 0 spiro atoms. The van der Waals surface area contributed by atoms with Crippen LogP contribution in [0.3, 0.4) is 0 Å². The molecule has 0 aromatic rings. The average molecular weight is 240 g/mol. The largest absolute Gasteiger partial charge is 0.336 e. The molecule has 0 radical (unpaired) electrons. The van der Waals surface area contributed by atoms with Crippen molar-refractivity contribution < 1.29 is 9.59 Å². The van der Waals surface area contributed by atoms with Gasteiger partial charge in [0.05, 0.1) is 0 Å². The molecule has 4 nitrogen and oxygen atoms in total. The van der Waals surface area contributed by atoms with Crippen molar-refractivity contribution in [2.75, 3.05) is 6.54 Å². The molecule has 1 aliphatic rings. The minimum absolute atomic E-state index is 0.0362. The molecule has 0 aliphatic carbocycles. The summed E-state index contributed by atoms with van der Waals surface area (Å²) in [6.07, 6.45) is 0. The molecule has 0 saturated carbocycles. The van der Waals surface area contributed by atoms with Crippen molar-refractivity contribution in [3.05, 3.63) is 0 Å². The van der Waals surface area contributed by atoms with E-state index in [-0.39, 0.29) is 15.9 Å². The molecule has 2 N–H and O–H groups in total. The number of carbonyl (C=O) groups is 2. The van der Waals surface area contributed by atoms with E-state index in [4.69, 9.17) is 0 Å². The highest BCUT2D eigenvalue weighted by Gasteiger charge is 2.24. The standard InChI is InChI=1S/C4H5IN2O2/c5-3(8)2-1-6-4(9)7-2/h2H,1H2,(H2,6,7,9). The fraction of sp³-hybridized carbons (Fsp3) is 0.500. The van der Waals surface area contributed by atoms with E-state index < -0.39 is 0 Å². The van der Waals surface area contributed by atoms with Gasteiger partial charge in [0.25, 0.3) is 0 Å². The maximum atomic E-state index is 10.5. The zero-order chi connectivity index (χ0) is 6.85. The van der Waals surface area contributed by atoms with Crippen LogP contribution in [0.5, 0.6) is 0 Å². The Morgan fingerprint density at radius 1 is 1.78 bits per heavy atom. The third kappa shape index (κ3) is 1.54. The van der Waals surface area contributed by atoms with Gasteiger partial charge in [-0.15, -0.1) is 0 Å². The van der Waals surface area contributed by atoms with Gasteiger partial charge in [0.15, 0.2) is 0 Å². The molecule has 0 aromatic carbocycles. The average Bonchev–Trinajstić information content (AvgIpc) is 2.14. The fourth-order valence-electron chi connectivity index (χ4n) is 0.592. The Labute approximate surface area is 65.5 Å². The zero-order valence-electron chi connectivity index (χ0n) is 4.48. The normalized spacial score (nSPS) is 25.0. The van der Waals surface area contributed by atoms with Crippen molar-refractivity contribution >= 4 is 32.4 Å². The number of urea groups is 1. The number of carbonyl (C=O) groups excluding carboxylic acids is 2. The molecule has 9 heavy (non-hydrogen) atoms. The van der Waals surface area contributed by atoms with Crippen molar-refractivity contribution in [2.45, 2.75) is 6.04 Å². The molecule has 1 atom stereocenters. The van der Waals surface area contributed by atoms with Crippen LogP contribution in [0.1, 0.15) is 0 Å². The van der Waals surface area contributed by atoms with Crippen LogP contribution in [0.2, 0.25) is 0 Å². The van der Waals surface area contributed by atoms with Gasteiger partial charge in [-0.3, -0.25) is 4.79 Å². The summed E-state index contributed by atoms with van der Waals surface area (Å²) < 4.78 is -0.0362. The number of nitrogens with one attached hydrogen (secondary N) is 2. The molecule has 1 rings (SSSR count). The fourth-order valence-corrected chi connectivity index (χ4v) is 0.968. The second kappa shape index (κ2) is 2.51. The third-order valence-electron chi connectivity index (χ3n) is 1.05. The van der Waals surface area contributed by atoms with Gasteiger partial charge in [0, 0.05) is 29.1 Å². The summed E-state index contributed by atoms with van der Waals surface area (Å²) in [5.74, 6) is 0. The van der Waals surface area contributed by atoms with Gasteiger partial charge in [-0.2, -0.15) is 0 Å². The van der Waals surface area contributed by atoms with Gasteiger partial charge in [0.1, 0.15) is 6.04 Å². The highest BCUT2D eigenvalue weighted by Crippen LogP contribution is 1.97. The van der Waals surface area contributed by atoms with E-state index in [1.165, 1.54) is 0 Å². The third-order valence-corrected chi connectivity index (χ3v) is 1.80. The van der Waals surface area contributed by atoms with Crippen LogP contribution in [-0.4, -0.2) is 22.4 Å². The Kier molecular flexibility index (Phi) is 1.89. The molecular formula is C4H5IN2O2. The Hall–Kier alpha value is -0.330. The number of rotatable bonds is 1. The van der Waals surface area contributed by atoms with Crippen LogP contribution >= 0.6 is 22.6 Å². The van der Waals surface area contributed by atoms with Gasteiger partial charge < -0.3 is 10.6 Å². The summed E-state index contributed by atoms with van der Waals surface area (Å²) >= 11 is 1.66. The lowest BCUT2D eigenvalue weighted by Crippen LogP contribution is -2.31. The van der Waals surface area contributed by atoms with Crippen molar-refractivity contribution in [2.24, 2.45) is 0 Å². The minimum atomic E-state index is -0.321. The molecule has 5 heteroatoms. The lowest BCUT2D eigenvalue weighted by Gasteiger charge is -1.97. The maximum absolute atomic E-state index is 10.5. The Morgan fingerprint density at radius 3 is 2.67 bits per heavy atom. The van der Waals surface area contributed by atoms with Crippen molar-refractivity contribution in [3.8, 4) is 0 Å². The highest BCUT2D eigenvalue weighted by molar-refractivity contribution is 14.1. The van der Waals surface area contributed by atoms with Crippen LogP contribution in [0.25, 0.3) is 0 Å². The van der Waals surface area contributed by atoms with E-state index in [1.54, 1.807) is 22.6 Å². The first-order valence-electron chi connectivity index (χ1n) is 2.44. The van der Waals surface area contributed by atoms with Crippen LogP contribution < -0.4 is 10.6 Å². The highest BCUT2D eigenvalue weighted by atomic mass is 127. The molecule has 0 aromatic heterocycles. The number of halogens is 1. The van der Waals surface area contributed by atoms with Crippen LogP contribution in [0, 0.1) is 0 Å². The van der Waals surface area contributed by atoms with Crippen LogP contribution in [-0.2, 0) is 4.79 Å². The van der Waals surface area contributed by atoms with E-state index in [1.807, 2.05) is 0 Å². The van der Waals surface area contributed by atoms with E-state index in [2.05, 4.69) is 10.6 Å². The van der Waals surface area contributed by atoms with Gasteiger partial charge in [-0.25, -0.2) is 4.79 Å². The van der Waals surface area contributed by atoms with Gasteiger partial charge in [0.2, 0.25) is 3.79 Å². The quantitative estimate of drug-likeness (QED) is 0.485. The van der Waals surface area contributed by atoms with Crippen molar-refractivity contribution in [3.63, 3.8) is 0 Å². The molecule has 1 aliphatic heterocycles. The van der Waals surface area contributed by atoms with Gasteiger partial charge in [-0.1, -0.05) is 0 Å². The second-order valence-corrected chi connectivity index (χ2v) is 2.77. The maximum Gasteiger partial charge on any atom is 0.315 e. The Balaban J connectivity index is 2.48. The lowest BCUT2D eigenvalue weighted by atomic mass is 10.4. The summed E-state index contributed by atoms with van der Waals surface area (Å²) in [6.45, 7) is 0.417. The first-order valence-corrected chi connectivity index (χ1v) is 3.52. The summed E-state index contributed by atoms with van der Waals surface area (Å²) in [6, 6.07) is -0.580. The predicted molar refractivity (Wildman–Crippen MR) is 39.3 cm³/mol. The smallest absolute Gasteiger partial charge is 0.315 e. The Morgan fingerprint density at radius 2 is 2.44 bits per heavy atom. The molecule has 1 unspecified atom stereocenters. The molecule has 1 saturated heterocycles. The summed E-state index contributed by atoms with van der Waals surface area (Å²) in [5, 5.41) is 4.92. The number of hydrogen-bond donors (Lipinski definition) is 2. The monoisotopic (exact) mass is 240 g/mol. The second-order valence-electron chi connectivity index (χ2n) is 1.71. The summed E-state index contributed by atoms with van der Waals surface area (Å²) in [4.78, 5) is 20.9. The first-order chi connectivity index (χ1) is 4.20. The predicted octanol–water partition coefficient (Wildman–Crippen LogP) is -0.371. The van der Waals surface area contributed by atoms with Gasteiger partial charge >= 0.3 is 6.03 Å². The SMILES string of the molecule is O=C1NCC(C(=O)I)N1. The van der Waals surface area contributed by atoms with Crippen LogP contribution in [0.4, 0.5) is 4.79 Å². The summed E-state index contributed by atoms with van der Waals surface area (Å²) in [5.41, 5.74) is 0. The summed E-state index contributed by atoms with van der Waals surface area (Å²) in [7, 11) is 0. The van der Waals surface area contributed by atoms with Gasteiger partial charge in [-0.05, 0) is 0 Å². The lowest BCUT2D eigenvalue weighted by molar-refractivity contribution is -0.110. The van der Waals surface area contributed by atoms with Crippen LogP contribution in [0.15, 0.2) is 0 Å². The van der Waals surface area contributed by atoms with E-state index in [0.717, 1.165) is 0 Å². The van der Waals surface area contributed by atoms with Crippen molar-refractivity contribution in [1.29, 1.82) is 0 Å². The Bertz CT molecular complexity index is 159.